The summed E-state index contributed by atoms with van der Waals surface area (Å²) >= 11 is 10.8. The van der Waals surface area contributed by atoms with Crippen LogP contribution < -0.4 is 25.3 Å². The third-order valence-corrected chi connectivity index (χ3v) is 3.71. The number of thiocarbonyl (C=S) groups is 1. The summed E-state index contributed by atoms with van der Waals surface area (Å²) in [5.74, 6) is 1.32. The zero-order valence-electron chi connectivity index (χ0n) is 13.4. The Morgan fingerprint density at radius 2 is 1.96 bits per heavy atom. The minimum Gasteiger partial charge on any atom is -0.493 e. The van der Waals surface area contributed by atoms with E-state index in [0.29, 0.717) is 28.2 Å². The fourth-order valence-corrected chi connectivity index (χ4v) is 2.07. The molecule has 0 aliphatic carbocycles. The Hall–Kier alpha value is -2.31. The molecule has 0 fully saturated rings. The highest BCUT2D eigenvalue weighted by Gasteiger charge is 2.07. The smallest absolute Gasteiger partial charge is 0.223 e. The Bertz CT molecular complexity index is 720. The van der Waals surface area contributed by atoms with Gasteiger partial charge in [-0.15, -0.1) is 10.5 Å². The number of hydrazone groups is 1. The highest BCUT2D eigenvalue weighted by Crippen LogP contribution is 2.28. The molecular formula is C17H19ClN3O2S+. The van der Waals surface area contributed by atoms with Gasteiger partial charge < -0.3 is 14.8 Å². The van der Waals surface area contributed by atoms with E-state index in [1.807, 2.05) is 42.5 Å². The standard InChI is InChI=1S/C17H18ClN3O2S/c1-19-17(24)21-20-10-13-5-8-15(16(9-13)22-2)23-11-12-3-6-14(18)7-4-12/h3-10H,11H2,1-2H3,(H2,19,21,24)/p+1. The van der Waals surface area contributed by atoms with Gasteiger partial charge in [-0.05, 0) is 48.1 Å². The van der Waals surface area contributed by atoms with E-state index in [2.05, 4.69) is 15.8 Å². The molecule has 3 N–H and O–H groups in total. The Labute approximate surface area is 151 Å². The van der Waals surface area contributed by atoms with Gasteiger partial charge in [-0.2, -0.15) is 0 Å². The Balaban J connectivity index is 2.02. The molecule has 126 valence electrons. The van der Waals surface area contributed by atoms with Crippen LogP contribution in [-0.4, -0.2) is 25.5 Å². The first-order valence-electron chi connectivity index (χ1n) is 7.24. The molecule has 2 aromatic rings. The van der Waals surface area contributed by atoms with Crippen molar-refractivity contribution < 1.29 is 14.6 Å². The molecule has 5 nitrogen and oxygen atoms in total. The number of rotatable bonds is 6. The topological polar surface area (TPSA) is 56.5 Å². The number of hydrazine groups is 1. The van der Waals surface area contributed by atoms with Crippen LogP contribution in [0, 0.1) is 0 Å². The van der Waals surface area contributed by atoms with E-state index in [4.69, 9.17) is 33.3 Å². The number of hydrogen-bond donors (Lipinski definition) is 3. The maximum atomic E-state index is 5.88. The molecule has 2 rings (SSSR count). The number of methoxy groups -OCH3 is 1. The lowest BCUT2D eigenvalue weighted by Crippen LogP contribution is -2.82. The van der Waals surface area contributed by atoms with Gasteiger partial charge in [0.15, 0.2) is 17.7 Å². The number of halogens is 1. The van der Waals surface area contributed by atoms with Crippen molar-refractivity contribution in [1.29, 1.82) is 0 Å². The van der Waals surface area contributed by atoms with Gasteiger partial charge in [-0.25, -0.2) is 0 Å². The molecule has 0 amide bonds. The molecule has 0 aromatic heterocycles. The summed E-state index contributed by atoms with van der Waals surface area (Å²) in [4.78, 5) is 0. The van der Waals surface area contributed by atoms with E-state index >= 15 is 0 Å². The predicted octanol–water partition coefficient (Wildman–Crippen LogP) is 1.44. The number of benzene rings is 2. The molecule has 0 atom stereocenters. The first-order valence-corrected chi connectivity index (χ1v) is 8.02. The second-order valence-electron chi connectivity index (χ2n) is 4.82. The Morgan fingerprint density at radius 3 is 2.62 bits per heavy atom. The third-order valence-electron chi connectivity index (χ3n) is 3.15. The monoisotopic (exact) mass is 364 g/mol. The maximum absolute atomic E-state index is 5.88. The van der Waals surface area contributed by atoms with Crippen LogP contribution >= 0.6 is 23.8 Å². The van der Waals surface area contributed by atoms with Crippen molar-refractivity contribution in [2.24, 2.45) is 0 Å². The van der Waals surface area contributed by atoms with E-state index in [1.165, 1.54) is 0 Å². The normalized spacial score (nSPS) is 10.5. The quantitative estimate of drug-likeness (QED) is 0.411. The zero-order chi connectivity index (χ0) is 17.4. The van der Waals surface area contributed by atoms with Crippen LogP contribution in [0.4, 0.5) is 0 Å². The summed E-state index contributed by atoms with van der Waals surface area (Å²) in [7, 11) is 3.35. The molecule has 0 saturated heterocycles. The summed E-state index contributed by atoms with van der Waals surface area (Å²) in [6, 6.07) is 13.2. The van der Waals surface area contributed by atoms with Crippen LogP contribution in [-0.2, 0) is 6.61 Å². The fourth-order valence-electron chi connectivity index (χ4n) is 1.88. The van der Waals surface area contributed by atoms with Crippen molar-refractivity contribution >= 4 is 35.1 Å². The summed E-state index contributed by atoms with van der Waals surface area (Å²) in [5, 5.41) is 6.91. The molecule has 2 aromatic carbocycles. The summed E-state index contributed by atoms with van der Waals surface area (Å²) in [5.41, 5.74) is 4.76. The molecule has 0 saturated carbocycles. The van der Waals surface area contributed by atoms with Crippen LogP contribution in [0.25, 0.3) is 0 Å². The largest absolute Gasteiger partial charge is 0.493 e. The van der Waals surface area contributed by atoms with Gasteiger partial charge in [-0.3, -0.25) is 0 Å². The van der Waals surface area contributed by atoms with Gasteiger partial charge in [0.2, 0.25) is 5.11 Å². The van der Waals surface area contributed by atoms with Crippen LogP contribution in [0.1, 0.15) is 11.1 Å². The molecule has 0 radical (unpaired) electrons. The minimum atomic E-state index is 0.437. The zero-order valence-corrected chi connectivity index (χ0v) is 15.0. The average molecular weight is 365 g/mol. The van der Waals surface area contributed by atoms with E-state index in [-0.39, 0.29) is 0 Å². The molecule has 0 aliphatic rings. The number of ether oxygens (including phenoxy) is 2. The van der Waals surface area contributed by atoms with E-state index in [1.54, 1.807) is 20.4 Å². The lowest BCUT2D eigenvalue weighted by molar-refractivity contribution is -0.500. The van der Waals surface area contributed by atoms with Gasteiger partial charge in [0.25, 0.3) is 0 Å². The van der Waals surface area contributed by atoms with Crippen molar-refractivity contribution in [2.45, 2.75) is 6.61 Å². The lowest BCUT2D eigenvalue weighted by Gasteiger charge is -2.11. The molecule has 7 heteroatoms. The number of nitrogens with one attached hydrogen (secondary N) is 3. The fraction of sp³-hybridized carbons (Fsp3) is 0.176. The van der Waals surface area contributed by atoms with Crippen molar-refractivity contribution in [1.82, 2.24) is 10.7 Å². The van der Waals surface area contributed by atoms with Gasteiger partial charge in [0, 0.05) is 17.6 Å². The molecular weight excluding hydrogens is 346 g/mol. The predicted molar refractivity (Wildman–Crippen MR) is 99.7 cm³/mol. The molecule has 0 unspecified atom stereocenters. The molecule has 0 heterocycles. The first-order chi connectivity index (χ1) is 11.6. The van der Waals surface area contributed by atoms with Gasteiger partial charge in [0.1, 0.15) is 6.61 Å². The number of hydrogen-bond acceptors (Lipinski definition) is 3. The molecule has 0 spiro atoms. The van der Waals surface area contributed by atoms with Crippen molar-refractivity contribution in [2.75, 3.05) is 14.2 Å². The summed E-state index contributed by atoms with van der Waals surface area (Å²) in [6.07, 6.45) is 1.77. The second kappa shape index (κ2) is 9.10. The molecule has 24 heavy (non-hydrogen) atoms. The van der Waals surface area contributed by atoms with E-state index in [0.717, 1.165) is 11.1 Å². The lowest BCUT2D eigenvalue weighted by atomic mass is 10.2. The van der Waals surface area contributed by atoms with Gasteiger partial charge in [-0.1, -0.05) is 23.7 Å². The van der Waals surface area contributed by atoms with Crippen LogP contribution in [0.5, 0.6) is 11.5 Å². The van der Waals surface area contributed by atoms with Crippen LogP contribution in [0.3, 0.4) is 0 Å². The van der Waals surface area contributed by atoms with Crippen molar-refractivity contribution in [3.8, 4) is 11.5 Å². The Morgan fingerprint density at radius 1 is 1.21 bits per heavy atom. The molecule has 0 bridgehead atoms. The second-order valence-corrected chi connectivity index (χ2v) is 5.66. The van der Waals surface area contributed by atoms with Crippen molar-refractivity contribution in [3.63, 3.8) is 0 Å². The Kier molecular flexibility index (Phi) is 6.84. The van der Waals surface area contributed by atoms with Gasteiger partial charge in [0.05, 0.1) is 7.11 Å². The van der Waals surface area contributed by atoms with Crippen molar-refractivity contribution in [3.05, 3.63) is 58.6 Å². The van der Waals surface area contributed by atoms with Crippen LogP contribution in [0.2, 0.25) is 5.02 Å². The summed E-state index contributed by atoms with van der Waals surface area (Å²) < 4.78 is 11.2. The van der Waals surface area contributed by atoms with Gasteiger partial charge >= 0.3 is 0 Å². The van der Waals surface area contributed by atoms with E-state index < -0.39 is 0 Å². The average Bonchev–Trinajstić information content (AvgIpc) is 2.61. The summed E-state index contributed by atoms with van der Waals surface area (Å²) in [6.45, 7) is 0.437. The maximum Gasteiger partial charge on any atom is 0.223 e. The highest BCUT2D eigenvalue weighted by molar-refractivity contribution is 7.80. The van der Waals surface area contributed by atoms with Crippen LogP contribution in [0.15, 0.2) is 42.5 Å². The third kappa shape index (κ3) is 5.40. The SMILES string of the molecule is CNC(=S)N[NH+]=Cc1ccc(OCc2ccc(Cl)cc2)c(OC)c1. The minimum absolute atomic E-state index is 0.437. The first kappa shape index (κ1) is 18.0. The van der Waals surface area contributed by atoms with E-state index in [9.17, 15) is 0 Å². The highest BCUT2D eigenvalue weighted by atomic mass is 35.5. The molecule has 0 aliphatic heterocycles.